The second-order valence-corrected chi connectivity index (χ2v) is 4.11. The van der Waals surface area contributed by atoms with Crippen LogP contribution in [0.25, 0.3) is 0 Å². The van der Waals surface area contributed by atoms with Gasteiger partial charge in [-0.1, -0.05) is 30.3 Å². The third kappa shape index (κ3) is 3.20. The molecule has 1 heterocycles. The van der Waals surface area contributed by atoms with Crippen molar-refractivity contribution in [1.29, 1.82) is 0 Å². The van der Waals surface area contributed by atoms with Crippen molar-refractivity contribution in [2.24, 2.45) is 5.92 Å². The number of piperidine rings is 1. The minimum absolute atomic E-state index is 0. The van der Waals surface area contributed by atoms with Crippen molar-refractivity contribution < 1.29 is 9.53 Å². The quantitative estimate of drug-likeness (QED) is 0.825. The molecule has 2 rings (SSSR count). The summed E-state index contributed by atoms with van der Waals surface area (Å²) >= 11 is 0. The number of esters is 1. The molecular weight excluding hydrogens is 238 g/mol. The Hall–Kier alpha value is -1.06. The molecule has 0 aliphatic carbocycles. The predicted molar refractivity (Wildman–Crippen MR) is 69.2 cm³/mol. The minimum Gasteiger partial charge on any atom is -0.469 e. The molecule has 0 aromatic heterocycles. The van der Waals surface area contributed by atoms with E-state index in [1.54, 1.807) is 0 Å². The van der Waals surface area contributed by atoms with Crippen LogP contribution in [0.2, 0.25) is 0 Å². The molecule has 0 unspecified atom stereocenters. The van der Waals surface area contributed by atoms with E-state index < -0.39 is 0 Å². The lowest BCUT2D eigenvalue weighted by atomic mass is 9.86. The molecule has 0 spiro atoms. The number of ether oxygens (including phenoxy) is 1. The SMILES string of the molecule is COC(=O)[C@H]1CCCN[C@H]1c1ccccc1.Cl. The van der Waals surface area contributed by atoms with Gasteiger partial charge in [-0.15, -0.1) is 12.4 Å². The van der Waals surface area contributed by atoms with Gasteiger partial charge in [0, 0.05) is 6.04 Å². The molecule has 94 valence electrons. The average molecular weight is 256 g/mol. The van der Waals surface area contributed by atoms with E-state index >= 15 is 0 Å². The zero-order valence-corrected chi connectivity index (χ0v) is 10.7. The largest absolute Gasteiger partial charge is 0.469 e. The summed E-state index contributed by atoms with van der Waals surface area (Å²) in [5, 5.41) is 3.40. The van der Waals surface area contributed by atoms with Crippen molar-refractivity contribution in [3.63, 3.8) is 0 Å². The van der Waals surface area contributed by atoms with Crippen molar-refractivity contribution in [3.8, 4) is 0 Å². The van der Waals surface area contributed by atoms with Gasteiger partial charge in [0.2, 0.25) is 0 Å². The van der Waals surface area contributed by atoms with Crippen molar-refractivity contribution in [2.45, 2.75) is 18.9 Å². The van der Waals surface area contributed by atoms with E-state index in [0.717, 1.165) is 24.9 Å². The van der Waals surface area contributed by atoms with Crippen LogP contribution < -0.4 is 5.32 Å². The van der Waals surface area contributed by atoms with Crippen molar-refractivity contribution in [2.75, 3.05) is 13.7 Å². The lowest BCUT2D eigenvalue weighted by Gasteiger charge is -2.31. The third-order valence-corrected chi connectivity index (χ3v) is 3.12. The Morgan fingerprint density at radius 3 is 2.71 bits per heavy atom. The summed E-state index contributed by atoms with van der Waals surface area (Å²) in [5.74, 6) is -0.165. The topological polar surface area (TPSA) is 38.3 Å². The first-order chi connectivity index (χ1) is 7.83. The van der Waals surface area contributed by atoms with Crippen molar-refractivity contribution >= 4 is 18.4 Å². The van der Waals surface area contributed by atoms with Gasteiger partial charge >= 0.3 is 5.97 Å². The highest BCUT2D eigenvalue weighted by Gasteiger charge is 2.32. The van der Waals surface area contributed by atoms with Crippen LogP contribution >= 0.6 is 12.4 Å². The smallest absolute Gasteiger partial charge is 0.310 e. The summed E-state index contributed by atoms with van der Waals surface area (Å²) < 4.78 is 4.86. The van der Waals surface area contributed by atoms with E-state index in [1.165, 1.54) is 7.11 Å². The maximum absolute atomic E-state index is 11.7. The Kier molecular flexibility index (Phi) is 5.45. The van der Waals surface area contributed by atoms with Gasteiger partial charge in [-0.3, -0.25) is 4.79 Å². The number of nitrogens with one attached hydrogen (secondary N) is 1. The number of rotatable bonds is 2. The van der Waals surface area contributed by atoms with Crippen LogP contribution in [0.5, 0.6) is 0 Å². The highest BCUT2D eigenvalue weighted by Crippen LogP contribution is 2.29. The monoisotopic (exact) mass is 255 g/mol. The molecule has 4 heteroatoms. The number of benzene rings is 1. The number of methoxy groups -OCH3 is 1. The molecule has 1 aliphatic rings. The summed E-state index contributed by atoms with van der Waals surface area (Å²) in [6, 6.07) is 10.2. The highest BCUT2D eigenvalue weighted by molar-refractivity contribution is 5.85. The van der Waals surface area contributed by atoms with Crippen LogP contribution in [0, 0.1) is 5.92 Å². The normalized spacial score (nSPS) is 23.6. The van der Waals surface area contributed by atoms with E-state index in [9.17, 15) is 4.79 Å². The zero-order chi connectivity index (χ0) is 11.4. The molecule has 0 amide bonds. The Morgan fingerprint density at radius 1 is 1.35 bits per heavy atom. The standard InChI is InChI=1S/C13H17NO2.ClH/c1-16-13(15)11-8-5-9-14-12(11)10-6-3-2-4-7-10;/h2-4,6-7,11-12,14H,5,8-9H2,1H3;1H/t11-,12-;/m0./s1. The summed E-state index contributed by atoms with van der Waals surface area (Å²) in [7, 11) is 1.46. The molecule has 1 aromatic rings. The highest BCUT2D eigenvalue weighted by atomic mass is 35.5. The van der Waals surface area contributed by atoms with Gasteiger partial charge in [0.1, 0.15) is 0 Å². The Bertz CT molecular complexity index is 356. The number of carbonyl (C=O) groups excluding carboxylic acids is 1. The number of hydrogen-bond donors (Lipinski definition) is 1. The first kappa shape index (κ1) is 14.0. The Morgan fingerprint density at radius 2 is 2.06 bits per heavy atom. The van der Waals surface area contributed by atoms with Crippen LogP contribution in [0.4, 0.5) is 0 Å². The summed E-state index contributed by atoms with van der Waals surface area (Å²) in [6.07, 6.45) is 1.93. The Balaban J connectivity index is 0.00000144. The molecule has 1 N–H and O–H groups in total. The molecule has 3 nitrogen and oxygen atoms in total. The van der Waals surface area contributed by atoms with E-state index in [-0.39, 0.29) is 30.3 Å². The summed E-state index contributed by atoms with van der Waals surface area (Å²) in [5.41, 5.74) is 1.16. The predicted octanol–water partition coefficient (Wildman–Crippen LogP) is 2.32. The number of carbonyl (C=O) groups is 1. The van der Waals surface area contributed by atoms with Gasteiger partial charge in [-0.25, -0.2) is 0 Å². The van der Waals surface area contributed by atoms with Gasteiger partial charge in [-0.05, 0) is 24.9 Å². The van der Waals surface area contributed by atoms with Crippen LogP contribution in [0.1, 0.15) is 24.4 Å². The van der Waals surface area contributed by atoms with Crippen LogP contribution in [-0.2, 0) is 9.53 Å². The van der Waals surface area contributed by atoms with Crippen LogP contribution in [0.15, 0.2) is 30.3 Å². The van der Waals surface area contributed by atoms with E-state index in [0.29, 0.717) is 0 Å². The fourth-order valence-electron chi connectivity index (χ4n) is 2.30. The maximum atomic E-state index is 11.7. The van der Waals surface area contributed by atoms with Crippen LogP contribution in [0.3, 0.4) is 0 Å². The van der Waals surface area contributed by atoms with Gasteiger partial charge in [0.25, 0.3) is 0 Å². The zero-order valence-electron chi connectivity index (χ0n) is 9.89. The first-order valence-electron chi connectivity index (χ1n) is 5.69. The molecule has 0 bridgehead atoms. The summed E-state index contributed by atoms with van der Waals surface area (Å²) in [6.45, 7) is 0.965. The maximum Gasteiger partial charge on any atom is 0.310 e. The minimum atomic E-state index is -0.110. The molecule has 1 saturated heterocycles. The fourth-order valence-corrected chi connectivity index (χ4v) is 2.30. The van der Waals surface area contributed by atoms with Gasteiger partial charge in [0.15, 0.2) is 0 Å². The molecular formula is C13H18ClNO2. The van der Waals surface area contributed by atoms with E-state index in [4.69, 9.17) is 4.74 Å². The second kappa shape index (κ2) is 6.62. The lowest BCUT2D eigenvalue weighted by Crippen LogP contribution is -2.38. The van der Waals surface area contributed by atoms with Crippen molar-refractivity contribution in [1.82, 2.24) is 5.32 Å². The molecule has 1 fully saturated rings. The molecule has 1 aliphatic heterocycles. The molecule has 2 atom stereocenters. The second-order valence-electron chi connectivity index (χ2n) is 4.11. The molecule has 0 saturated carbocycles. The van der Waals surface area contributed by atoms with Crippen LogP contribution in [-0.4, -0.2) is 19.6 Å². The first-order valence-corrected chi connectivity index (χ1v) is 5.69. The third-order valence-electron chi connectivity index (χ3n) is 3.12. The molecule has 17 heavy (non-hydrogen) atoms. The fraction of sp³-hybridized carbons (Fsp3) is 0.462. The summed E-state index contributed by atoms with van der Waals surface area (Å²) in [4.78, 5) is 11.7. The number of hydrogen-bond acceptors (Lipinski definition) is 3. The van der Waals surface area contributed by atoms with Gasteiger partial charge in [-0.2, -0.15) is 0 Å². The Labute approximate surface area is 108 Å². The van der Waals surface area contributed by atoms with Gasteiger partial charge in [0.05, 0.1) is 13.0 Å². The van der Waals surface area contributed by atoms with Gasteiger partial charge < -0.3 is 10.1 Å². The average Bonchev–Trinajstić information content (AvgIpc) is 2.39. The van der Waals surface area contributed by atoms with Crippen molar-refractivity contribution in [3.05, 3.63) is 35.9 Å². The molecule has 1 aromatic carbocycles. The number of halogens is 1. The van der Waals surface area contributed by atoms with E-state index in [2.05, 4.69) is 17.4 Å². The lowest BCUT2D eigenvalue weighted by molar-refractivity contribution is -0.147. The van der Waals surface area contributed by atoms with E-state index in [1.807, 2.05) is 18.2 Å². The molecule has 0 radical (unpaired) electrons.